The summed E-state index contributed by atoms with van der Waals surface area (Å²) >= 11 is 0. The van der Waals surface area contributed by atoms with Gasteiger partial charge < -0.3 is 20.1 Å². The third-order valence-electron chi connectivity index (χ3n) is 6.18. The first-order chi connectivity index (χ1) is 18.6. The zero-order valence-electron chi connectivity index (χ0n) is 22.1. The normalized spacial score (nSPS) is 15.2. The van der Waals surface area contributed by atoms with Crippen molar-refractivity contribution in [2.45, 2.75) is 39.2 Å². The average molecular weight is 514 g/mol. The second-order valence-electron chi connectivity index (χ2n) is 9.23. The van der Waals surface area contributed by atoms with Crippen LogP contribution in [0.3, 0.4) is 0 Å². The summed E-state index contributed by atoms with van der Waals surface area (Å²) in [4.78, 5) is 24.1. The summed E-state index contributed by atoms with van der Waals surface area (Å²) in [6.45, 7) is 8.23. The van der Waals surface area contributed by atoms with E-state index in [-0.39, 0.29) is 12.0 Å². The molecule has 1 saturated heterocycles. The molecule has 1 aliphatic heterocycles. The van der Waals surface area contributed by atoms with Gasteiger partial charge in [0.2, 0.25) is 5.91 Å². The average Bonchev–Trinajstić information content (AvgIpc) is 3.43. The third-order valence-corrected chi connectivity index (χ3v) is 6.18. The van der Waals surface area contributed by atoms with Gasteiger partial charge in [0, 0.05) is 41.7 Å². The van der Waals surface area contributed by atoms with Crippen molar-refractivity contribution in [2.75, 3.05) is 43.5 Å². The SMILES string of the molecule is C#Cc1cccc(Nc2ncnc3cc(O[C@@H]4CCOC4)c(NC(=O)C=CCN(CCC)CCC)cc23)c1. The Morgan fingerprint density at radius 1 is 1.24 bits per heavy atom. The molecule has 38 heavy (non-hydrogen) atoms. The summed E-state index contributed by atoms with van der Waals surface area (Å²) in [5.74, 6) is 3.57. The van der Waals surface area contributed by atoms with Gasteiger partial charge in [0.25, 0.3) is 0 Å². The van der Waals surface area contributed by atoms with Crippen molar-refractivity contribution < 1.29 is 14.3 Å². The summed E-state index contributed by atoms with van der Waals surface area (Å²) in [6, 6.07) is 11.2. The van der Waals surface area contributed by atoms with Gasteiger partial charge in [-0.25, -0.2) is 9.97 Å². The van der Waals surface area contributed by atoms with Gasteiger partial charge in [-0.05, 0) is 50.2 Å². The Labute approximate surface area is 224 Å². The van der Waals surface area contributed by atoms with Crippen LogP contribution in [0.5, 0.6) is 5.75 Å². The van der Waals surface area contributed by atoms with Gasteiger partial charge in [-0.15, -0.1) is 6.42 Å². The van der Waals surface area contributed by atoms with Crippen molar-refractivity contribution in [3.05, 3.63) is 60.4 Å². The molecule has 1 amide bonds. The highest BCUT2D eigenvalue weighted by atomic mass is 16.5. The van der Waals surface area contributed by atoms with Crippen molar-refractivity contribution in [2.24, 2.45) is 0 Å². The molecule has 8 nitrogen and oxygen atoms in total. The molecule has 2 N–H and O–H groups in total. The lowest BCUT2D eigenvalue weighted by Gasteiger charge is -2.19. The van der Waals surface area contributed by atoms with Crippen molar-refractivity contribution in [3.63, 3.8) is 0 Å². The Kier molecular flexibility index (Phi) is 9.68. The number of anilines is 3. The lowest BCUT2D eigenvalue weighted by molar-refractivity contribution is -0.111. The van der Waals surface area contributed by atoms with Crippen LogP contribution in [-0.2, 0) is 9.53 Å². The van der Waals surface area contributed by atoms with Crippen LogP contribution in [0, 0.1) is 12.3 Å². The fraction of sp³-hybridized carbons (Fsp3) is 0.367. The first-order valence-corrected chi connectivity index (χ1v) is 13.2. The molecule has 4 rings (SSSR count). The van der Waals surface area contributed by atoms with Crippen molar-refractivity contribution in [3.8, 4) is 18.1 Å². The Balaban J connectivity index is 1.61. The highest BCUT2D eigenvalue weighted by molar-refractivity contribution is 6.03. The molecule has 1 atom stereocenters. The standard InChI is InChI=1S/C30H35N5O3/c1-4-13-35(14-5-2)15-8-11-29(36)34-27-18-25-26(19-28(27)38-24-12-16-37-20-24)31-21-32-30(25)33-23-10-7-9-22(6-3)17-23/h3,7-11,17-19,21,24H,4-5,12-16,20H2,1-2H3,(H,34,36)(H,31,32,33)/t24-/m1/s1. The van der Waals surface area contributed by atoms with Gasteiger partial charge in [0.15, 0.2) is 0 Å². The minimum atomic E-state index is -0.224. The summed E-state index contributed by atoms with van der Waals surface area (Å²) < 4.78 is 11.7. The van der Waals surface area contributed by atoms with Gasteiger partial charge in [-0.1, -0.05) is 31.9 Å². The van der Waals surface area contributed by atoms with E-state index in [0.29, 0.717) is 36.0 Å². The van der Waals surface area contributed by atoms with E-state index in [1.165, 1.54) is 6.33 Å². The molecular weight excluding hydrogens is 478 g/mol. The minimum Gasteiger partial charge on any atom is -0.486 e. The smallest absolute Gasteiger partial charge is 0.248 e. The van der Waals surface area contributed by atoms with Gasteiger partial charge >= 0.3 is 0 Å². The molecule has 0 radical (unpaired) electrons. The maximum absolute atomic E-state index is 12.9. The second-order valence-corrected chi connectivity index (χ2v) is 9.23. The summed E-state index contributed by atoms with van der Waals surface area (Å²) in [5, 5.41) is 7.07. The minimum absolute atomic E-state index is 0.0822. The zero-order chi connectivity index (χ0) is 26.7. The lowest BCUT2D eigenvalue weighted by atomic mass is 10.1. The van der Waals surface area contributed by atoms with Crippen LogP contribution in [0.2, 0.25) is 0 Å². The van der Waals surface area contributed by atoms with Gasteiger partial charge in [0.05, 0.1) is 24.4 Å². The molecule has 0 spiro atoms. The van der Waals surface area contributed by atoms with Gasteiger partial charge in [-0.2, -0.15) is 0 Å². The van der Waals surface area contributed by atoms with E-state index in [1.54, 1.807) is 6.08 Å². The molecule has 1 aromatic heterocycles. The molecule has 1 fully saturated rings. The van der Waals surface area contributed by atoms with E-state index < -0.39 is 0 Å². The fourth-order valence-corrected chi connectivity index (χ4v) is 4.40. The second kappa shape index (κ2) is 13.6. The van der Waals surface area contributed by atoms with Crippen molar-refractivity contribution >= 4 is 34.0 Å². The van der Waals surface area contributed by atoms with Crippen molar-refractivity contribution in [1.29, 1.82) is 0 Å². The lowest BCUT2D eigenvalue weighted by Crippen LogP contribution is -2.25. The number of benzene rings is 2. The highest BCUT2D eigenvalue weighted by Gasteiger charge is 2.20. The zero-order valence-corrected chi connectivity index (χ0v) is 22.1. The Morgan fingerprint density at radius 2 is 2.08 bits per heavy atom. The maximum atomic E-state index is 12.9. The van der Waals surface area contributed by atoms with Crippen LogP contribution in [-0.4, -0.2) is 59.7 Å². The van der Waals surface area contributed by atoms with Crippen LogP contribution >= 0.6 is 0 Å². The Bertz CT molecular complexity index is 1300. The molecule has 3 aromatic rings. The Hall–Kier alpha value is -3.93. The summed E-state index contributed by atoms with van der Waals surface area (Å²) in [5.41, 5.74) is 2.81. The van der Waals surface area contributed by atoms with Crippen molar-refractivity contribution in [1.82, 2.24) is 14.9 Å². The summed E-state index contributed by atoms with van der Waals surface area (Å²) in [6.07, 6.45) is 13.4. The van der Waals surface area contributed by atoms with Crippen LogP contribution < -0.4 is 15.4 Å². The number of rotatable bonds is 12. The Morgan fingerprint density at radius 3 is 2.82 bits per heavy atom. The van der Waals surface area contributed by atoms with Gasteiger partial charge in [-0.3, -0.25) is 9.69 Å². The van der Waals surface area contributed by atoms with Crippen LogP contribution in [0.25, 0.3) is 10.9 Å². The number of amides is 1. The number of fused-ring (bicyclic) bond motifs is 1. The van der Waals surface area contributed by atoms with Crippen LogP contribution in [0.15, 0.2) is 54.9 Å². The topological polar surface area (TPSA) is 88.6 Å². The number of hydrogen-bond acceptors (Lipinski definition) is 7. The van der Waals surface area contributed by atoms with E-state index in [1.807, 2.05) is 42.5 Å². The quantitative estimate of drug-likeness (QED) is 0.256. The number of terminal acetylenes is 1. The third kappa shape index (κ3) is 7.31. The number of aromatic nitrogens is 2. The van der Waals surface area contributed by atoms with Gasteiger partial charge in [0.1, 0.15) is 24.0 Å². The molecule has 8 heteroatoms. The molecular formula is C30H35N5O3. The first kappa shape index (κ1) is 27.1. The van der Waals surface area contributed by atoms with E-state index in [4.69, 9.17) is 15.9 Å². The number of nitrogens with one attached hydrogen (secondary N) is 2. The maximum Gasteiger partial charge on any atom is 0.248 e. The largest absolute Gasteiger partial charge is 0.486 e. The van der Waals surface area contributed by atoms with Crippen LogP contribution in [0.4, 0.5) is 17.2 Å². The number of carbonyl (C=O) groups is 1. The number of ether oxygens (including phenoxy) is 2. The van der Waals surface area contributed by atoms with E-state index >= 15 is 0 Å². The molecule has 0 unspecified atom stereocenters. The summed E-state index contributed by atoms with van der Waals surface area (Å²) in [7, 11) is 0. The molecule has 0 bridgehead atoms. The van der Waals surface area contributed by atoms with E-state index in [9.17, 15) is 4.79 Å². The number of hydrogen-bond donors (Lipinski definition) is 2. The van der Waals surface area contributed by atoms with Crippen LogP contribution in [0.1, 0.15) is 38.7 Å². The van der Waals surface area contributed by atoms with E-state index in [2.05, 4.69) is 45.3 Å². The molecule has 2 aromatic carbocycles. The van der Waals surface area contributed by atoms with E-state index in [0.717, 1.165) is 55.5 Å². The predicted molar refractivity (Wildman–Crippen MR) is 152 cm³/mol. The number of nitrogens with zero attached hydrogens (tertiary/aromatic N) is 3. The monoisotopic (exact) mass is 513 g/mol. The molecule has 0 aliphatic carbocycles. The molecule has 2 heterocycles. The highest BCUT2D eigenvalue weighted by Crippen LogP contribution is 2.34. The molecule has 198 valence electrons. The number of carbonyl (C=O) groups excluding carboxylic acids is 1. The fourth-order valence-electron chi connectivity index (χ4n) is 4.40. The molecule has 1 aliphatic rings. The first-order valence-electron chi connectivity index (χ1n) is 13.2. The predicted octanol–water partition coefficient (Wildman–Crippen LogP) is 5.14. The molecule has 0 saturated carbocycles.